The molecule has 0 spiro atoms. The van der Waals surface area contributed by atoms with Crippen molar-refractivity contribution in [3.05, 3.63) is 23.3 Å². The van der Waals surface area contributed by atoms with Crippen LogP contribution in [0.3, 0.4) is 0 Å². The smallest absolute Gasteiger partial charge is 0.392 e. The average Bonchev–Trinajstić information content (AvgIpc) is 3.06. The maximum Gasteiger partial charge on any atom is 0.418 e. The number of rotatable bonds is 1. The number of benzene rings is 1. The summed E-state index contributed by atoms with van der Waals surface area (Å²) in [5.41, 5.74) is -2.83. The fourth-order valence-electron chi connectivity index (χ4n) is 3.75. The summed E-state index contributed by atoms with van der Waals surface area (Å²) in [5.74, 6) is 0. The topological polar surface area (TPSA) is 38.7 Å². The van der Waals surface area contributed by atoms with Gasteiger partial charge in [0.25, 0.3) is 0 Å². The Balaban J connectivity index is 1.78. The number of hydrogen-bond acceptors (Lipinski definition) is 4. The highest BCUT2D eigenvalue weighted by Gasteiger charge is 2.55. The van der Waals surface area contributed by atoms with Crippen molar-refractivity contribution < 1.29 is 31.4 Å². The van der Waals surface area contributed by atoms with Crippen LogP contribution in [0, 0.1) is 0 Å². The first-order valence-electron chi connectivity index (χ1n) is 7.34. The van der Waals surface area contributed by atoms with Crippen LogP contribution in [0.4, 0.5) is 37.7 Å². The molecule has 132 valence electrons. The molecule has 2 N–H and O–H groups in total. The van der Waals surface area contributed by atoms with Crippen molar-refractivity contribution in [2.45, 2.75) is 37.1 Å². The van der Waals surface area contributed by atoms with Gasteiger partial charge >= 0.3 is 12.4 Å². The molecule has 1 aromatic carbocycles. The molecule has 3 aliphatic rings. The Morgan fingerprint density at radius 1 is 1.04 bits per heavy atom. The quantitative estimate of drug-likeness (QED) is 0.761. The van der Waals surface area contributed by atoms with Gasteiger partial charge in [0.2, 0.25) is 0 Å². The van der Waals surface area contributed by atoms with E-state index in [9.17, 15) is 31.4 Å². The number of nitrogens with one attached hydrogen (secondary N) is 1. The van der Waals surface area contributed by atoms with E-state index in [0.29, 0.717) is 13.0 Å². The number of aliphatic hydroxyl groups excluding tert-OH is 1. The van der Waals surface area contributed by atoms with Crippen molar-refractivity contribution in [3.8, 4) is 0 Å². The lowest BCUT2D eigenvalue weighted by atomic mass is 10.1. The van der Waals surface area contributed by atoms with Crippen LogP contribution in [0.25, 0.3) is 0 Å². The minimum atomic E-state index is -4.88. The third-order valence-electron chi connectivity index (χ3n) is 4.76. The van der Waals surface area contributed by atoms with Gasteiger partial charge in [0, 0.05) is 12.6 Å². The van der Waals surface area contributed by atoms with E-state index in [2.05, 4.69) is 5.32 Å². The Bertz CT molecular complexity index is 688. The molecule has 3 atom stereocenters. The van der Waals surface area contributed by atoms with Crippen LogP contribution in [-0.2, 0) is 12.4 Å². The lowest BCUT2D eigenvalue weighted by molar-refractivity contribution is -0.142. The second-order valence-corrected chi connectivity index (χ2v) is 6.29. The lowest BCUT2D eigenvalue weighted by Crippen LogP contribution is -2.66. The van der Waals surface area contributed by atoms with Gasteiger partial charge in [-0.25, -0.2) is 0 Å². The summed E-state index contributed by atoms with van der Waals surface area (Å²) in [6.45, 7) is 0.442. The van der Waals surface area contributed by atoms with Crippen molar-refractivity contribution in [2.75, 3.05) is 23.0 Å². The molecule has 0 radical (unpaired) electrons. The van der Waals surface area contributed by atoms with E-state index < -0.39 is 35.7 Å². The SMILES string of the molecule is OC1CNC(C2N3CN2c2c3cc(C(F)(F)F)cc2C(F)(F)F)C1. The van der Waals surface area contributed by atoms with E-state index >= 15 is 0 Å². The maximum absolute atomic E-state index is 13.3. The molecule has 2 fully saturated rings. The minimum absolute atomic E-state index is 0.0506. The number of nitrogens with zero attached hydrogens (tertiary/aromatic N) is 2. The zero-order valence-corrected chi connectivity index (χ0v) is 12.1. The molecular weight excluding hydrogens is 340 g/mol. The summed E-state index contributed by atoms with van der Waals surface area (Å²) < 4.78 is 78.8. The first-order chi connectivity index (χ1) is 11.1. The van der Waals surface area contributed by atoms with Gasteiger partial charge < -0.3 is 20.2 Å². The summed E-state index contributed by atoms with van der Waals surface area (Å²) in [6.07, 6.45) is -10.5. The van der Waals surface area contributed by atoms with Crippen LogP contribution in [0.2, 0.25) is 0 Å². The largest absolute Gasteiger partial charge is 0.418 e. The third kappa shape index (κ3) is 2.16. The van der Waals surface area contributed by atoms with Crippen LogP contribution >= 0.6 is 0 Å². The minimum Gasteiger partial charge on any atom is -0.392 e. The van der Waals surface area contributed by atoms with Crippen molar-refractivity contribution in [1.29, 1.82) is 0 Å². The Morgan fingerprint density at radius 3 is 2.29 bits per heavy atom. The van der Waals surface area contributed by atoms with E-state index in [-0.39, 0.29) is 30.2 Å². The molecule has 0 saturated carbocycles. The first-order valence-corrected chi connectivity index (χ1v) is 7.34. The van der Waals surface area contributed by atoms with Crippen LogP contribution in [0.15, 0.2) is 12.1 Å². The maximum atomic E-state index is 13.3. The van der Waals surface area contributed by atoms with Gasteiger partial charge in [-0.15, -0.1) is 0 Å². The molecule has 4 nitrogen and oxygen atoms in total. The van der Waals surface area contributed by atoms with Gasteiger partial charge in [0.1, 0.15) is 6.17 Å². The molecule has 10 heteroatoms. The molecule has 4 rings (SSSR count). The standard InChI is InChI=1S/C14H13F6N3O/c15-13(16,17)6-1-8(14(18,19)20)11-10(2-6)22-5-23(11)12(22)9-3-7(24)4-21-9/h1-2,7,9,12,21,24H,3-5H2. The van der Waals surface area contributed by atoms with Crippen LogP contribution < -0.4 is 15.1 Å². The van der Waals surface area contributed by atoms with Crippen LogP contribution in [0.1, 0.15) is 17.5 Å². The fraction of sp³-hybridized carbons (Fsp3) is 0.571. The highest BCUT2D eigenvalue weighted by molar-refractivity contribution is 5.87. The monoisotopic (exact) mass is 353 g/mol. The summed E-state index contributed by atoms with van der Waals surface area (Å²) in [5, 5.41) is 12.6. The summed E-state index contributed by atoms with van der Waals surface area (Å²) in [4.78, 5) is 2.98. The molecule has 2 saturated heterocycles. The second-order valence-electron chi connectivity index (χ2n) is 6.29. The number of alkyl halides is 6. The Labute approximate surface area is 132 Å². The summed E-state index contributed by atoms with van der Waals surface area (Å²) in [6, 6.07) is 0.654. The van der Waals surface area contributed by atoms with Gasteiger partial charge in [0.15, 0.2) is 0 Å². The van der Waals surface area contributed by atoms with E-state index in [1.165, 1.54) is 9.80 Å². The Hall–Kier alpha value is -1.68. The molecule has 3 heterocycles. The summed E-state index contributed by atoms with van der Waals surface area (Å²) in [7, 11) is 0. The number of fused-ring (bicyclic) bond motifs is 5. The molecule has 0 aromatic heterocycles. The third-order valence-corrected chi connectivity index (χ3v) is 4.76. The molecule has 2 bridgehead atoms. The molecule has 0 amide bonds. The van der Waals surface area contributed by atoms with Crippen LogP contribution in [-0.4, -0.2) is 36.6 Å². The Kier molecular flexibility index (Phi) is 3.09. The van der Waals surface area contributed by atoms with E-state index in [1.54, 1.807) is 0 Å². The van der Waals surface area contributed by atoms with Gasteiger partial charge in [-0.2, -0.15) is 26.3 Å². The highest BCUT2D eigenvalue weighted by atomic mass is 19.4. The first kappa shape index (κ1) is 15.8. The molecule has 3 unspecified atom stereocenters. The van der Waals surface area contributed by atoms with Gasteiger partial charge in [-0.1, -0.05) is 0 Å². The molecule has 3 aliphatic heterocycles. The normalized spacial score (nSPS) is 29.0. The number of anilines is 2. The number of hydrogen-bond donors (Lipinski definition) is 2. The molecular formula is C14H13F6N3O. The number of β-amino-alcohol motifs (C(OH)–C–C–N with tert-alkyl or cyclic N) is 1. The van der Waals surface area contributed by atoms with Crippen molar-refractivity contribution in [2.24, 2.45) is 0 Å². The fourth-order valence-corrected chi connectivity index (χ4v) is 3.75. The number of halogens is 6. The Morgan fingerprint density at radius 2 is 1.75 bits per heavy atom. The van der Waals surface area contributed by atoms with Gasteiger partial charge in [0.05, 0.1) is 35.3 Å². The zero-order chi connectivity index (χ0) is 17.4. The molecule has 24 heavy (non-hydrogen) atoms. The second kappa shape index (κ2) is 4.69. The summed E-state index contributed by atoms with van der Waals surface area (Å²) >= 11 is 0. The molecule has 0 aliphatic carbocycles. The van der Waals surface area contributed by atoms with Crippen molar-refractivity contribution >= 4 is 11.4 Å². The lowest BCUT2D eigenvalue weighted by Gasteiger charge is -2.47. The van der Waals surface area contributed by atoms with E-state index in [1.807, 2.05) is 0 Å². The van der Waals surface area contributed by atoms with Gasteiger partial charge in [-0.3, -0.25) is 0 Å². The predicted molar refractivity (Wildman–Crippen MR) is 72.5 cm³/mol. The molecule has 1 aromatic rings. The van der Waals surface area contributed by atoms with Gasteiger partial charge in [-0.05, 0) is 18.6 Å². The predicted octanol–water partition coefficient (Wildman–Crippen LogP) is 2.37. The van der Waals surface area contributed by atoms with Crippen LogP contribution in [0.5, 0.6) is 0 Å². The highest BCUT2D eigenvalue weighted by Crippen LogP contribution is 2.55. The number of aliphatic hydroxyl groups is 1. The van der Waals surface area contributed by atoms with Crippen molar-refractivity contribution in [1.82, 2.24) is 5.32 Å². The zero-order valence-electron chi connectivity index (χ0n) is 12.1. The van der Waals surface area contributed by atoms with Crippen molar-refractivity contribution in [3.63, 3.8) is 0 Å². The van der Waals surface area contributed by atoms with E-state index in [4.69, 9.17) is 0 Å². The van der Waals surface area contributed by atoms with E-state index in [0.717, 1.165) is 6.07 Å². The average molecular weight is 353 g/mol.